The van der Waals surface area contributed by atoms with Crippen LogP contribution in [0, 0.1) is 10.1 Å². The zero-order chi connectivity index (χ0) is 16.1. The molecule has 112 valence electrons. The van der Waals surface area contributed by atoms with Crippen LogP contribution in [0.4, 0.5) is 5.69 Å². The van der Waals surface area contributed by atoms with E-state index in [1.54, 1.807) is 24.3 Å². The van der Waals surface area contributed by atoms with Crippen LogP contribution in [0.1, 0.15) is 15.9 Å². The van der Waals surface area contributed by atoms with E-state index >= 15 is 0 Å². The van der Waals surface area contributed by atoms with Gasteiger partial charge in [-0.25, -0.2) is 5.43 Å². The first-order chi connectivity index (χ1) is 10.5. The zero-order valence-corrected chi connectivity index (χ0v) is 12.5. The summed E-state index contributed by atoms with van der Waals surface area (Å²) in [5, 5.41) is 15.0. The Balaban J connectivity index is 2.12. The van der Waals surface area contributed by atoms with Gasteiger partial charge in [0.05, 0.1) is 11.1 Å². The second-order valence-corrected chi connectivity index (χ2v) is 4.96. The van der Waals surface area contributed by atoms with Crippen molar-refractivity contribution in [1.82, 2.24) is 5.43 Å². The molecule has 8 heteroatoms. The minimum absolute atomic E-state index is 0.0406. The summed E-state index contributed by atoms with van der Waals surface area (Å²) in [4.78, 5) is 22.0. The Hall–Kier alpha value is -2.44. The summed E-state index contributed by atoms with van der Waals surface area (Å²) in [6, 6.07) is 10.7. The molecule has 0 heterocycles. The van der Waals surface area contributed by atoms with Gasteiger partial charge >= 0.3 is 0 Å². The molecule has 0 aromatic heterocycles. The third-order valence-corrected chi connectivity index (χ3v) is 3.34. The summed E-state index contributed by atoms with van der Waals surface area (Å²) < 4.78 is 0. The van der Waals surface area contributed by atoms with Gasteiger partial charge in [0.2, 0.25) is 0 Å². The van der Waals surface area contributed by atoms with Crippen molar-refractivity contribution in [3.63, 3.8) is 0 Å². The van der Waals surface area contributed by atoms with Gasteiger partial charge < -0.3 is 0 Å². The van der Waals surface area contributed by atoms with Crippen LogP contribution in [0.3, 0.4) is 0 Å². The molecule has 0 bridgehead atoms. The van der Waals surface area contributed by atoms with Gasteiger partial charge in [-0.05, 0) is 18.2 Å². The summed E-state index contributed by atoms with van der Waals surface area (Å²) >= 11 is 11.6. The van der Waals surface area contributed by atoms with E-state index in [0.29, 0.717) is 10.6 Å². The number of rotatable bonds is 4. The molecule has 1 amide bonds. The van der Waals surface area contributed by atoms with Crippen LogP contribution < -0.4 is 5.43 Å². The first-order valence-corrected chi connectivity index (χ1v) is 6.76. The molecule has 0 radical (unpaired) electrons. The second-order valence-electron chi connectivity index (χ2n) is 4.14. The van der Waals surface area contributed by atoms with Crippen LogP contribution in [-0.2, 0) is 0 Å². The Morgan fingerprint density at radius 2 is 1.91 bits per heavy atom. The second kappa shape index (κ2) is 7.02. The van der Waals surface area contributed by atoms with Gasteiger partial charge in [0.15, 0.2) is 0 Å². The van der Waals surface area contributed by atoms with Gasteiger partial charge in [0.25, 0.3) is 11.6 Å². The van der Waals surface area contributed by atoms with E-state index in [0.717, 1.165) is 6.07 Å². The molecule has 0 aliphatic carbocycles. The summed E-state index contributed by atoms with van der Waals surface area (Å²) in [5.74, 6) is -0.594. The van der Waals surface area contributed by atoms with E-state index in [9.17, 15) is 14.9 Å². The number of carbonyl (C=O) groups excluding carboxylic acids is 1. The van der Waals surface area contributed by atoms with E-state index in [2.05, 4.69) is 10.5 Å². The van der Waals surface area contributed by atoms with Gasteiger partial charge in [-0.2, -0.15) is 5.10 Å². The number of nitro benzene ring substituents is 1. The molecule has 2 aromatic rings. The molecule has 0 saturated heterocycles. The highest BCUT2D eigenvalue weighted by atomic mass is 35.5. The zero-order valence-electron chi connectivity index (χ0n) is 11.0. The number of nitrogens with one attached hydrogen (secondary N) is 1. The van der Waals surface area contributed by atoms with E-state index in [4.69, 9.17) is 23.2 Å². The van der Waals surface area contributed by atoms with E-state index in [1.165, 1.54) is 18.3 Å². The molecule has 22 heavy (non-hydrogen) atoms. The van der Waals surface area contributed by atoms with Crippen LogP contribution in [0.2, 0.25) is 10.0 Å². The fraction of sp³-hybridized carbons (Fsp3) is 0. The molecule has 0 aliphatic rings. The monoisotopic (exact) mass is 337 g/mol. The minimum Gasteiger partial charge on any atom is -0.267 e. The third kappa shape index (κ3) is 3.81. The van der Waals surface area contributed by atoms with Crippen molar-refractivity contribution in [2.45, 2.75) is 0 Å². The highest BCUT2D eigenvalue weighted by Crippen LogP contribution is 2.24. The Morgan fingerprint density at radius 1 is 1.18 bits per heavy atom. The number of nitrogens with zero attached hydrogens (tertiary/aromatic N) is 2. The average molecular weight is 338 g/mol. The summed E-state index contributed by atoms with van der Waals surface area (Å²) in [7, 11) is 0. The van der Waals surface area contributed by atoms with Crippen LogP contribution >= 0.6 is 23.2 Å². The molecule has 0 unspecified atom stereocenters. The smallest absolute Gasteiger partial charge is 0.267 e. The average Bonchev–Trinajstić information content (AvgIpc) is 2.49. The predicted molar refractivity (Wildman–Crippen MR) is 84.6 cm³/mol. The van der Waals surface area contributed by atoms with Crippen molar-refractivity contribution in [3.05, 3.63) is 73.8 Å². The first-order valence-electron chi connectivity index (χ1n) is 6.01. The maximum absolute atomic E-state index is 11.9. The summed E-state index contributed by atoms with van der Waals surface area (Å²) in [6.07, 6.45) is 1.38. The molecular weight excluding hydrogens is 329 g/mol. The van der Waals surface area contributed by atoms with Crippen molar-refractivity contribution in [3.8, 4) is 0 Å². The van der Waals surface area contributed by atoms with Crippen LogP contribution in [-0.4, -0.2) is 17.0 Å². The van der Waals surface area contributed by atoms with Gasteiger partial charge in [0, 0.05) is 22.2 Å². The number of amides is 1. The lowest BCUT2D eigenvalue weighted by Gasteiger charge is -2.01. The molecule has 6 nitrogen and oxygen atoms in total. The Morgan fingerprint density at radius 3 is 2.59 bits per heavy atom. The maximum Gasteiger partial charge on any atom is 0.288 e. The number of carbonyl (C=O) groups is 1. The standard InChI is InChI=1S/C14H9Cl2N3O3/c15-11-4-2-1-3-10(11)8-17-18-14(20)9-5-6-12(16)13(7-9)19(21)22/h1-8H,(H,18,20)/b17-8+. The molecular formula is C14H9Cl2N3O3. The molecule has 0 fully saturated rings. The lowest BCUT2D eigenvalue weighted by molar-refractivity contribution is -0.384. The van der Waals surface area contributed by atoms with Crippen LogP contribution in [0.5, 0.6) is 0 Å². The van der Waals surface area contributed by atoms with Crippen LogP contribution in [0.25, 0.3) is 0 Å². The molecule has 0 aliphatic heterocycles. The lowest BCUT2D eigenvalue weighted by atomic mass is 10.2. The van der Waals surface area contributed by atoms with Gasteiger partial charge in [-0.1, -0.05) is 41.4 Å². The topological polar surface area (TPSA) is 84.6 Å². The number of hydrazone groups is 1. The van der Waals surface area contributed by atoms with Crippen molar-refractivity contribution in [2.75, 3.05) is 0 Å². The first kappa shape index (κ1) is 15.9. The Bertz CT molecular complexity index is 763. The van der Waals surface area contributed by atoms with Gasteiger partial charge in [-0.3, -0.25) is 14.9 Å². The minimum atomic E-state index is -0.661. The summed E-state index contributed by atoms with van der Waals surface area (Å²) in [5.41, 5.74) is 2.63. The SMILES string of the molecule is O=C(N/N=C/c1ccccc1Cl)c1ccc(Cl)c([N+](=O)[O-])c1. The fourth-order valence-corrected chi connectivity index (χ4v) is 1.97. The molecule has 2 rings (SSSR count). The van der Waals surface area contributed by atoms with Crippen molar-refractivity contribution < 1.29 is 9.72 Å². The number of hydrogen-bond acceptors (Lipinski definition) is 4. The molecule has 0 spiro atoms. The highest BCUT2D eigenvalue weighted by molar-refractivity contribution is 6.33. The quantitative estimate of drug-likeness (QED) is 0.524. The number of benzene rings is 2. The maximum atomic E-state index is 11.9. The number of halogens is 2. The summed E-state index contributed by atoms with van der Waals surface area (Å²) in [6.45, 7) is 0. The predicted octanol–water partition coefficient (Wildman–Crippen LogP) is 3.67. The molecule has 2 aromatic carbocycles. The largest absolute Gasteiger partial charge is 0.288 e. The Kier molecular flexibility index (Phi) is 5.08. The van der Waals surface area contributed by atoms with Crippen molar-refractivity contribution >= 4 is 41.0 Å². The normalized spacial score (nSPS) is 10.6. The third-order valence-electron chi connectivity index (χ3n) is 2.68. The van der Waals surface area contributed by atoms with Crippen molar-refractivity contribution in [2.24, 2.45) is 5.10 Å². The highest BCUT2D eigenvalue weighted by Gasteiger charge is 2.15. The lowest BCUT2D eigenvalue weighted by Crippen LogP contribution is -2.17. The van der Waals surface area contributed by atoms with E-state index < -0.39 is 10.8 Å². The fourth-order valence-electron chi connectivity index (χ4n) is 1.60. The van der Waals surface area contributed by atoms with E-state index in [-0.39, 0.29) is 16.3 Å². The Labute approximate surface area is 135 Å². The number of hydrogen-bond donors (Lipinski definition) is 1. The molecule has 0 saturated carbocycles. The molecule has 0 atom stereocenters. The number of nitro groups is 1. The van der Waals surface area contributed by atoms with E-state index in [1.807, 2.05) is 0 Å². The van der Waals surface area contributed by atoms with Gasteiger partial charge in [-0.15, -0.1) is 0 Å². The van der Waals surface area contributed by atoms with Crippen molar-refractivity contribution in [1.29, 1.82) is 0 Å². The molecule has 1 N–H and O–H groups in total. The van der Waals surface area contributed by atoms with Crippen LogP contribution in [0.15, 0.2) is 47.6 Å². The van der Waals surface area contributed by atoms with Gasteiger partial charge in [0.1, 0.15) is 5.02 Å².